The fourth-order valence-electron chi connectivity index (χ4n) is 7.90. The van der Waals surface area contributed by atoms with Gasteiger partial charge in [0.2, 0.25) is 0 Å². The number of hydrogen-bond acceptors (Lipinski definition) is 1. The van der Waals surface area contributed by atoms with E-state index in [0.29, 0.717) is 0 Å². The molecule has 1 aliphatic carbocycles. The molecule has 0 aromatic heterocycles. The largest absolute Gasteiger partial charge is 0.310 e. The third-order valence-electron chi connectivity index (χ3n) is 10.2. The minimum absolute atomic E-state index is 0.0560. The van der Waals surface area contributed by atoms with E-state index in [2.05, 4.69) is 195 Å². The summed E-state index contributed by atoms with van der Waals surface area (Å²) in [4.78, 5) is 2.48. The lowest BCUT2D eigenvalue weighted by atomic mass is 9.82. The summed E-state index contributed by atoms with van der Waals surface area (Å²) in [6, 6.07) is 64.5. The molecule has 0 spiro atoms. The molecule has 228 valence electrons. The Hall–Kier alpha value is -5.92. The molecule has 0 saturated heterocycles. The molecule has 0 heterocycles. The van der Waals surface area contributed by atoms with Crippen molar-refractivity contribution >= 4 is 38.6 Å². The number of hydrogen-bond donors (Lipinski definition) is 0. The molecule has 9 rings (SSSR count). The Morgan fingerprint density at radius 1 is 0.396 bits per heavy atom. The van der Waals surface area contributed by atoms with Crippen LogP contribution in [0.5, 0.6) is 0 Å². The molecule has 0 saturated carbocycles. The normalized spacial score (nSPS) is 13.0. The Labute approximate surface area is 282 Å². The van der Waals surface area contributed by atoms with Crippen molar-refractivity contribution in [3.05, 3.63) is 187 Å². The standard InChI is InChI=1S/C47H35N/c1-47(2)43-25-11-10-23-40(43)42-31-37(27-28-44(42)47)48(36-20-12-19-35(30-36)32-14-4-3-5-15-32)45-29-26-34-17-7-9-22-39(34)46(45)41-24-13-18-33-16-6-8-21-38(33)41/h3-31H,1-2H3. The molecular formula is C47H35N. The zero-order valence-corrected chi connectivity index (χ0v) is 27.2. The van der Waals surface area contributed by atoms with Gasteiger partial charge in [-0.05, 0) is 90.8 Å². The van der Waals surface area contributed by atoms with Gasteiger partial charge < -0.3 is 4.90 Å². The second-order valence-corrected chi connectivity index (χ2v) is 13.4. The second kappa shape index (κ2) is 11.1. The van der Waals surface area contributed by atoms with Crippen LogP contribution in [-0.2, 0) is 5.41 Å². The van der Waals surface area contributed by atoms with E-state index in [9.17, 15) is 0 Å². The van der Waals surface area contributed by atoms with Crippen LogP contribution in [0, 0.1) is 0 Å². The minimum Gasteiger partial charge on any atom is -0.310 e. The van der Waals surface area contributed by atoms with Crippen LogP contribution in [0.2, 0.25) is 0 Å². The molecule has 8 aromatic carbocycles. The van der Waals surface area contributed by atoms with Crippen molar-refractivity contribution in [1.29, 1.82) is 0 Å². The van der Waals surface area contributed by atoms with Gasteiger partial charge >= 0.3 is 0 Å². The number of rotatable bonds is 5. The molecule has 0 unspecified atom stereocenters. The summed E-state index contributed by atoms with van der Waals surface area (Å²) in [5.41, 5.74) is 13.6. The molecule has 0 fully saturated rings. The summed E-state index contributed by atoms with van der Waals surface area (Å²) < 4.78 is 0. The third-order valence-corrected chi connectivity index (χ3v) is 10.2. The first-order valence-electron chi connectivity index (χ1n) is 16.8. The highest BCUT2D eigenvalue weighted by Gasteiger charge is 2.35. The van der Waals surface area contributed by atoms with Crippen LogP contribution in [0.4, 0.5) is 17.1 Å². The van der Waals surface area contributed by atoms with E-state index < -0.39 is 0 Å². The Balaban J connectivity index is 1.36. The van der Waals surface area contributed by atoms with E-state index in [-0.39, 0.29) is 5.41 Å². The molecular weight excluding hydrogens is 579 g/mol. The van der Waals surface area contributed by atoms with Gasteiger partial charge in [0.15, 0.2) is 0 Å². The smallest absolute Gasteiger partial charge is 0.0546 e. The van der Waals surface area contributed by atoms with Crippen molar-refractivity contribution in [1.82, 2.24) is 0 Å². The van der Waals surface area contributed by atoms with Crippen LogP contribution >= 0.6 is 0 Å². The van der Waals surface area contributed by atoms with E-state index in [1.165, 1.54) is 66.1 Å². The number of benzene rings is 8. The number of anilines is 3. The Bertz CT molecular complexity index is 2480. The molecule has 1 nitrogen and oxygen atoms in total. The van der Waals surface area contributed by atoms with Gasteiger partial charge in [0.25, 0.3) is 0 Å². The van der Waals surface area contributed by atoms with Gasteiger partial charge in [-0.3, -0.25) is 0 Å². The Morgan fingerprint density at radius 3 is 1.85 bits per heavy atom. The first-order valence-corrected chi connectivity index (χ1v) is 16.8. The summed E-state index contributed by atoms with van der Waals surface area (Å²) in [6.07, 6.45) is 0. The van der Waals surface area contributed by atoms with Gasteiger partial charge in [-0.25, -0.2) is 0 Å². The maximum atomic E-state index is 2.48. The van der Waals surface area contributed by atoms with Crippen LogP contribution in [0.15, 0.2) is 176 Å². The lowest BCUT2D eigenvalue weighted by Gasteiger charge is -2.30. The quantitative estimate of drug-likeness (QED) is 0.187. The van der Waals surface area contributed by atoms with Crippen molar-refractivity contribution in [3.8, 4) is 33.4 Å². The van der Waals surface area contributed by atoms with Crippen molar-refractivity contribution < 1.29 is 0 Å². The molecule has 0 aliphatic heterocycles. The van der Waals surface area contributed by atoms with Crippen LogP contribution in [0.3, 0.4) is 0 Å². The lowest BCUT2D eigenvalue weighted by Crippen LogP contribution is -2.15. The van der Waals surface area contributed by atoms with Crippen molar-refractivity contribution in [2.24, 2.45) is 0 Å². The molecule has 1 heteroatoms. The Kier molecular flexibility index (Phi) is 6.55. The van der Waals surface area contributed by atoms with E-state index in [4.69, 9.17) is 0 Å². The molecule has 1 aliphatic rings. The minimum atomic E-state index is -0.0560. The number of nitrogens with zero attached hydrogens (tertiary/aromatic N) is 1. The van der Waals surface area contributed by atoms with Crippen LogP contribution in [0.1, 0.15) is 25.0 Å². The Morgan fingerprint density at radius 2 is 1.00 bits per heavy atom. The van der Waals surface area contributed by atoms with Crippen LogP contribution in [0.25, 0.3) is 54.9 Å². The van der Waals surface area contributed by atoms with E-state index in [1.54, 1.807) is 0 Å². The van der Waals surface area contributed by atoms with Crippen molar-refractivity contribution in [2.75, 3.05) is 4.90 Å². The summed E-state index contributed by atoms with van der Waals surface area (Å²) in [6.45, 7) is 4.70. The maximum Gasteiger partial charge on any atom is 0.0546 e. The van der Waals surface area contributed by atoms with Crippen molar-refractivity contribution in [3.63, 3.8) is 0 Å². The second-order valence-electron chi connectivity index (χ2n) is 13.4. The third kappa shape index (κ3) is 4.47. The maximum absolute atomic E-state index is 2.48. The van der Waals surface area contributed by atoms with Gasteiger partial charge in [-0.2, -0.15) is 0 Å². The van der Waals surface area contributed by atoms with Crippen LogP contribution in [-0.4, -0.2) is 0 Å². The highest BCUT2D eigenvalue weighted by molar-refractivity contribution is 6.11. The highest BCUT2D eigenvalue weighted by atomic mass is 15.1. The highest BCUT2D eigenvalue weighted by Crippen LogP contribution is 2.52. The van der Waals surface area contributed by atoms with E-state index in [0.717, 1.165) is 17.1 Å². The monoisotopic (exact) mass is 613 g/mol. The van der Waals surface area contributed by atoms with E-state index >= 15 is 0 Å². The predicted molar refractivity (Wildman–Crippen MR) is 205 cm³/mol. The van der Waals surface area contributed by atoms with Gasteiger partial charge in [-0.1, -0.05) is 159 Å². The molecule has 0 amide bonds. The van der Waals surface area contributed by atoms with Gasteiger partial charge in [0.05, 0.1) is 5.69 Å². The molecule has 8 aromatic rings. The average molecular weight is 614 g/mol. The van der Waals surface area contributed by atoms with Crippen molar-refractivity contribution in [2.45, 2.75) is 19.3 Å². The lowest BCUT2D eigenvalue weighted by molar-refractivity contribution is 0.660. The molecule has 0 atom stereocenters. The van der Waals surface area contributed by atoms with E-state index in [1.807, 2.05) is 0 Å². The molecule has 0 radical (unpaired) electrons. The number of fused-ring (bicyclic) bond motifs is 5. The summed E-state index contributed by atoms with van der Waals surface area (Å²) in [7, 11) is 0. The van der Waals surface area contributed by atoms with Gasteiger partial charge in [-0.15, -0.1) is 0 Å². The zero-order valence-electron chi connectivity index (χ0n) is 27.2. The summed E-state index contributed by atoms with van der Waals surface area (Å²) in [5, 5.41) is 4.96. The fraction of sp³-hybridized carbons (Fsp3) is 0.0638. The topological polar surface area (TPSA) is 3.24 Å². The first-order chi connectivity index (χ1) is 23.6. The first kappa shape index (κ1) is 28.3. The summed E-state index contributed by atoms with van der Waals surface area (Å²) >= 11 is 0. The fourth-order valence-corrected chi connectivity index (χ4v) is 7.90. The van der Waals surface area contributed by atoms with Crippen LogP contribution < -0.4 is 4.90 Å². The molecule has 0 N–H and O–H groups in total. The summed E-state index contributed by atoms with van der Waals surface area (Å²) in [5.74, 6) is 0. The molecule has 48 heavy (non-hydrogen) atoms. The molecule has 0 bridgehead atoms. The zero-order chi connectivity index (χ0) is 32.2. The van der Waals surface area contributed by atoms with Gasteiger partial charge in [0, 0.05) is 22.4 Å². The average Bonchev–Trinajstić information content (AvgIpc) is 3.37. The van der Waals surface area contributed by atoms with Gasteiger partial charge in [0.1, 0.15) is 0 Å². The predicted octanol–water partition coefficient (Wildman–Crippen LogP) is 13.1. The SMILES string of the molecule is CC1(C)c2ccccc2-c2cc(N(c3cccc(-c4ccccc4)c3)c3ccc4ccccc4c3-c3cccc4ccccc34)ccc21.